The van der Waals surface area contributed by atoms with E-state index in [4.69, 9.17) is 9.47 Å². The van der Waals surface area contributed by atoms with Crippen LogP contribution >= 0.6 is 0 Å². The van der Waals surface area contributed by atoms with Crippen LogP contribution in [0.5, 0.6) is 11.5 Å². The van der Waals surface area contributed by atoms with Gasteiger partial charge in [0.05, 0.1) is 6.61 Å². The number of hydrogen-bond donors (Lipinski definition) is 1. The van der Waals surface area contributed by atoms with Crippen LogP contribution in [0.25, 0.3) is 0 Å². The van der Waals surface area contributed by atoms with Crippen molar-refractivity contribution in [3.8, 4) is 11.5 Å². The van der Waals surface area contributed by atoms with E-state index in [1.807, 2.05) is 13.8 Å². The summed E-state index contributed by atoms with van der Waals surface area (Å²) >= 11 is 0. The molecule has 1 rings (SSSR count). The number of methoxy groups -OCH3 is 1. The Labute approximate surface area is 120 Å². The maximum Gasteiger partial charge on any atom is 0.253 e. The third-order valence-electron chi connectivity index (χ3n) is 3.05. The van der Waals surface area contributed by atoms with E-state index in [9.17, 15) is 9.90 Å². The molecular formula is C15H23NO4. The normalized spacial score (nSPS) is 10.7. The van der Waals surface area contributed by atoms with Crippen LogP contribution < -0.4 is 4.74 Å². The number of ether oxygens (including phenoxy) is 2. The van der Waals surface area contributed by atoms with Crippen LogP contribution in [0, 0.1) is 0 Å². The summed E-state index contributed by atoms with van der Waals surface area (Å²) in [6, 6.07) is 4.76. The molecule has 1 aromatic carbocycles. The van der Waals surface area contributed by atoms with Crippen LogP contribution in [-0.4, -0.2) is 49.3 Å². The van der Waals surface area contributed by atoms with Crippen molar-refractivity contribution >= 4 is 5.91 Å². The zero-order valence-corrected chi connectivity index (χ0v) is 12.5. The molecule has 0 saturated heterocycles. The fourth-order valence-electron chi connectivity index (χ4n) is 1.59. The number of benzene rings is 1. The smallest absolute Gasteiger partial charge is 0.253 e. The third kappa shape index (κ3) is 4.42. The third-order valence-corrected chi connectivity index (χ3v) is 3.05. The maximum atomic E-state index is 12.2. The molecule has 20 heavy (non-hydrogen) atoms. The highest BCUT2D eigenvalue weighted by Gasteiger charge is 2.16. The predicted octanol–water partition coefficient (Wildman–Crippen LogP) is 2.29. The minimum Gasteiger partial charge on any atom is -0.504 e. The van der Waals surface area contributed by atoms with Gasteiger partial charge in [0.25, 0.3) is 5.91 Å². The Morgan fingerprint density at radius 2 is 2.05 bits per heavy atom. The minimum atomic E-state index is -0.0956. The number of rotatable bonds is 7. The number of carbonyl (C=O) groups excluding carboxylic acids is 1. The van der Waals surface area contributed by atoms with E-state index in [1.54, 1.807) is 31.2 Å². The number of nitrogens with zero attached hydrogens (tertiary/aromatic N) is 1. The minimum absolute atomic E-state index is 0.0335. The van der Waals surface area contributed by atoms with Crippen LogP contribution in [0.2, 0.25) is 0 Å². The monoisotopic (exact) mass is 281 g/mol. The lowest BCUT2D eigenvalue weighted by atomic mass is 10.1. The Balaban J connectivity index is 2.77. The summed E-state index contributed by atoms with van der Waals surface area (Å²) in [5.41, 5.74) is 0.501. The van der Waals surface area contributed by atoms with Gasteiger partial charge in [-0.25, -0.2) is 0 Å². The first-order valence-corrected chi connectivity index (χ1v) is 6.69. The maximum absolute atomic E-state index is 12.2. The van der Waals surface area contributed by atoms with E-state index in [2.05, 4.69) is 0 Å². The van der Waals surface area contributed by atoms with Gasteiger partial charge < -0.3 is 19.5 Å². The van der Waals surface area contributed by atoms with Crippen molar-refractivity contribution in [2.75, 3.05) is 27.4 Å². The molecule has 0 fully saturated rings. The quantitative estimate of drug-likeness (QED) is 0.779. The molecule has 0 aliphatic carbocycles. The second-order valence-corrected chi connectivity index (χ2v) is 4.89. The average molecular weight is 281 g/mol. The first kappa shape index (κ1) is 16.3. The average Bonchev–Trinajstić information content (AvgIpc) is 2.43. The highest BCUT2D eigenvalue weighted by molar-refractivity contribution is 5.94. The summed E-state index contributed by atoms with van der Waals surface area (Å²) in [6.07, 6.45) is 0.722. The number of hydrogen-bond acceptors (Lipinski definition) is 4. The van der Waals surface area contributed by atoms with Crippen LogP contribution in [0.4, 0.5) is 0 Å². The summed E-state index contributed by atoms with van der Waals surface area (Å²) in [5, 5.41) is 9.74. The first-order valence-electron chi connectivity index (χ1n) is 6.69. The number of carbonyl (C=O) groups is 1. The molecule has 0 heterocycles. The second kappa shape index (κ2) is 7.75. The van der Waals surface area contributed by atoms with Gasteiger partial charge in [0.1, 0.15) is 0 Å². The van der Waals surface area contributed by atoms with E-state index in [-0.39, 0.29) is 17.7 Å². The van der Waals surface area contributed by atoms with Crippen molar-refractivity contribution in [3.63, 3.8) is 0 Å². The number of amides is 1. The van der Waals surface area contributed by atoms with Gasteiger partial charge in [0.15, 0.2) is 11.5 Å². The van der Waals surface area contributed by atoms with E-state index in [0.29, 0.717) is 24.5 Å². The zero-order valence-electron chi connectivity index (χ0n) is 12.5. The highest BCUT2D eigenvalue weighted by atomic mass is 16.5. The van der Waals surface area contributed by atoms with Crippen LogP contribution in [0.3, 0.4) is 0 Å². The molecule has 0 atom stereocenters. The van der Waals surface area contributed by atoms with Crippen molar-refractivity contribution in [2.24, 2.45) is 0 Å². The number of phenolic OH excluding ortho intramolecular Hbond substituents is 1. The Morgan fingerprint density at radius 3 is 2.65 bits per heavy atom. The van der Waals surface area contributed by atoms with E-state index < -0.39 is 0 Å². The Morgan fingerprint density at radius 1 is 1.35 bits per heavy atom. The molecule has 0 aliphatic heterocycles. The Hall–Kier alpha value is -1.75. The molecule has 5 nitrogen and oxygen atoms in total. The highest BCUT2D eigenvalue weighted by Crippen LogP contribution is 2.27. The number of aromatic hydroxyl groups is 1. The van der Waals surface area contributed by atoms with Crippen molar-refractivity contribution in [3.05, 3.63) is 23.8 Å². The second-order valence-electron chi connectivity index (χ2n) is 4.89. The summed E-state index contributed by atoms with van der Waals surface area (Å²) in [6.45, 7) is 4.91. The molecule has 0 radical (unpaired) electrons. The largest absolute Gasteiger partial charge is 0.504 e. The molecular weight excluding hydrogens is 258 g/mol. The number of phenols is 1. The summed E-state index contributed by atoms with van der Waals surface area (Å²) in [4.78, 5) is 13.8. The topological polar surface area (TPSA) is 59.0 Å². The van der Waals surface area contributed by atoms with E-state index in [1.165, 1.54) is 6.07 Å². The van der Waals surface area contributed by atoms with Crippen molar-refractivity contribution < 1.29 is 19.4 Å². The van der Waals surface area contributed by atoms with Gasteiger partial charge >= 0.3 is 0 Å². The lowest BCUT2D eigenvalue weighted by molar-refractivity contribution is 0.0754. The molecule has 0 aliphatic rings. The summed E-state index contributed by atoms with van der Waals surface area (Å²) in [5.74, 6) is 0.261. The van der Waals surface area contributed by atoms with Gasteiger partial charge in [-0.05, 0) is 32.0 Å². The summed E-state index contributed by atoms with van der Waals surface area (Å²) in [7, 11) is 3.37. The van der Waals surface area contributed by atoms with Crippen LogP contribution in [-0.2, 0) is 4.74 Å². The van der Waals surface area contributed by atoms with Crippen molar-refractivity contribution in [2.45, 2.75) is 26.3 Å². The zero-order chi connectivity index (χ0) is 15.1. The van der Waals surface area contributed by atoms with Crippen molar-refractivity contribution in [1.82, 2.24) is 4.90 Å². The van der Waals surface area contributed by atoms with E-state index >= 15 is 0 Å². The molecule has 0 spiro atoms. The van der Waals surface area contributed by atoms with E-state index in [0.717, 1.165) is 6.42 Å². The Kier molecular flexibility index (Phi) is 6.31. The lowest BCUT2D eigenvalue weighted by Gasteiger charge is -2.21. The molecule has 0 unspecified atom stereocenters. The molecule has 0 saturated carbocycles. The lowest BCUT2D eigenvalue weighted by Crippen LogP contribution is -2.32. The van der Waals surface area contributed by atoms with Crippen LogP contribution in [0.15, 0.2) is 18.2 Å². The fraction of sp³-hybridized carbons (Fsp3) is 0.533. The molecule has 1 amide bonds. The molecule has 112 valence electrons. The molecule has 1 aromatic rings. The molecule has 0 bridgehead atoms. The van der Waals surface area contributed by atoms with Gasteiger partial charge in [-0.15, -0.1) is 0 Å². The Bertz CT molecular complexity index is 445. The first-order chi connectivity index (χ1) is 9.47. The SMILES string of the molecule is COCCCOc1cc(C(=O)N(C)C(C)C)ccc1O. The van der Waals surface area contributed by atoms with Gasteiger partial charge in [-0.3, -0.25) is 4.79 Å². The van der Waals surface area contributed by atoms with Gasteiger partial charge in [0, 0.05) is 38.8 Å². The molecule has 0 aromatic heterocycles. The van der Waals surface area contributed by atoms with Gasteiger partial charge in [-0.2, -0.15) is 0 Å². The van der Waals surface area contributed by atoms with Crippen LogP contribution in [0.1, 0.15) is 30.6 Å². The van der Waals surface area contributed by atoms with Gasteiger partial charge in [-0.1, -0.05) is 0 Å². The predicted molar refractivity (Wildman–Crippen MR) is 77.3 cm³/mol. The van der Waals surface area contributed by atoms with Crippen molar-refractivity contribution in [1.29, 1.82) is 0 Å². The fourth-order valence-corrected chi connectivity index (χ4v) is 1.59. The van der Waals surface area contributed by atoms with Gasteiger partial charge in [0.2, 0.25) is 0 Å². The standard InChI is InChI=1S/C15H23NO4/c1-11(2)16(3)15(18)12-6-7-13(17)14(10-12)20-9-5-8-19-4/h6-7,10-11,17H,5,8-9H2,1-4H3. The molecule has 5 heteroatoms. The molecule has 1 N–H and O–H groups in total. The summed E-state index contributed by atoms with van der Waals surface area (Å²) < 4.78 is 10.4.